The van der Waals surface area contributed by atoms with Crippen LogP contribution in [-0.4, -0.2) is 28.9 Å². The van der Waals surface area contributed by atoms with Crippen molar-refractivity contribution in [2.45, 2.75) is 32.9 Å². The van der Waals surface area contributed by atoms with Crippen molar-refractivity contribution in [2.75, 3.05) is 13.1 Å². The smallest absolute Gasteiger partial charge is 0.224 e. The molecule has 1 fully saturated rings. The number of likely N-dealkylation sites (tertiary alicyclic amines) is 1. The fraction of sp³-hybridized carbons (Fsp3) is 0.400. The molecule has 0 radical (unpaired) electrons. The number of amides is 1. The number of carbonyl (C=O) groups excluding carboxylic acids is 1. The molecule has 1 saturated heterocycles. The van der Waals surface area contributed by atoms with Gasteiger partial charge < -0.3 is 5.32 Å². The Labute approximate surface area is 143 Å². The van der Waals surface area contributed by atoms with E-state index in [2.05, 4.69) is 39.5 Å². The fourth-order valence-electron chi connectivity index (χ4n) is 3.27. The molecule has 0 spiro atoms. The van der Waals surface area contributed by atoms with Crippen molar-refractivity contribution in [2.24, 2.45) is 5.92 Å². The first-order chi connectivity index (χ1) is 11.7. The average Bonchev–Trinajstić information content (AvgIpc) is 2.61. The number of aryl methyl sites for hydroxylation is 1. The highest BCUT2D eigenvalue weighted by Crippen LogP contribution is 2.19. The fourth-order valence-corrected chi connectivity index (χ4v) is 3.27. The van der Waals surface area contributed by atoms with E-state index in [-0.39, 0.29) is 11.8 Å². The third-order valence-corrected chi connectivity index (χ3v) is 4.52. The maximum Gasteiger partial charge on any atom is 0.224 e. The molecule has 1 N–H and O–H groups in total. The van der Waals surface area contributed by atoms with Gasteiger partial charge >= 0.3 is 0 Å². The number of aromatic nitrogens is 1. The monoisotopic (exact) mass is 323 g/mol. The molecule has 0 saturated carbocycles. The Morgan fingerprint density at radius 1 is 1.21 bits per heavy atom. The van der Waals surface area contributed by atoms with E-state index in [1.54, 1.807) is 0 Å². The van der Waals surface area contributed by atoms with E-state index in [1.165, 1.54) is 5.56 Å². The van der Waals surface area contributed by atoms with Gasteiger partial charge in [-0.2, -0.15) is 0 Å². The number of piperidine rings is 1. The van der Waals surface area contributed by atoms with Crippen LogP contribution in [0.4, 0.5) is 0 Å². The van der Waals surface area contributed by atoms with Gasteiger partial charge in [-0.3, -0.25) is 14.7 Å². The normalized spacial score (nSPS) is 18.3. The molecule has 126 valence electrons. The van der Waals surface area contributed by atoms with Crippen molar-refractivity contribution >= 4 is 5.91 Å². The SMILES string of the molecule is Cc1cccc(CNC(=O)C2CCCN(Cc3ccccc3)C2)n1. The average molecular weight is 323 g/mol. The molecule has 4 nitrogen and oxygen atoms in total. The maximum absolute atomic E-state index is 12.5. The Kier molecular flexibility index (Phi) is 5.59. The second-order valence-corrected chi connectivity index (χ2v) is 6.55. The largest absolute Gasteiger partial charge is 0.350 e. The topological polar surface area (TPSA) is 45.2 Å². The Balaban J connectivity index is 1.51. The molecule has 0 bridgehead atoms. The summed E-state index contributed by atoms with van der Waals surface area (Å²) in [5, 5.41) is 3.05. The summed E-state index contributed by atoms with van der Waals surface area (Å²) < 4.78 is 0. The van der Waals surface area contributed by atoms with Crippen LogP contribution in [0.5, 0.6) is 0 Å². The van der Waals surface area contributed by atoms with E-state index in [9.17, 15) is 4.79 Å². The summed E-state index contributed by atoms with van der Waals surface area (Å²) in [7, 11) is 0. The molecule has 2 aromatic rings. The first-order valence-electron chi connectivity index (χ1n) is 8.67. The van der Waals surface area contributed by atoms with E-state index in [0.717, 1.165) is 43.9 Å². The van der Waals surface area contributed by atoms with Crippen LogP contribution in [-0.2, 0) is 17.9 Å². The Morgan fingerprint density at radius 3 is 2.83 bits per heavy atom. The number of carbonyl (C=O) groups is 1. The lowest BCUT2D eigenvalue weighted by Crippen LogP contribution is -2.42. The lowest BCUT2D eigenvalue weighted by atomic mass is 9.96. The number of nitrogens with one attached hydrogen (secondary N) is 1. The van der Waals surface area contributed by atoms with E-state index in [4.69, 9.17) is 0 Å². The number of nitrogens with zero attached hydrogens (tertiary/aromatic N) is 2. The van der Waals surface area contributed by atoms with Gasteiger partial charge in [0.15, 0.2) is 0 Å². The summed E-state index contributed by atoms with van der Waals surface area (Å²) in [4.78, 5) is 19.3. The van der Waals surface area contributed by atoms with Crippen molar-refractivity contribution in [3.8, 4) is 0 Å². The number of hydrogen-bond acceptors (Lipinski definition) is 3. The molecule has 4 heteroatoms. The zero-order valence-corrected chi connectivity index (χ0v) is 14.2. The van der Waals surface area contributed by atoms with Crippen LogP contribution < -0.4 is 5.32 Å². The Bertz CT molecular complexity index is 672. The van der Waals surface area contributed by atoms with Crippen LogP contribution in [0.3, 0.4) is 0 Å². The summed E-state index contributed by atoms with van der Waals surface area (Å²) in [6.45, 7) is 5.30. The van der Waals surface area contributed by atoms with Crippen molar-refractivity contribution in [1.82, 2.24) is 15.2 Å². The highest BCUT2D eigenvalue weighted by Gasteiger charge is 2.25. The highest BCUT2D eigenvalue weighted by atomic mass is 16.1. The summed E-state index contributed by atoms with van der Waals surface area (Å²) in [6, 6.07) is 16.4. The van der Waals surface area contributed by atoms with E-state index in [0.29, 0.717) is 6.54 Å². The van der Waals surface area contributed by atoms with Crippen LogP contribution in [0, 0.1) is 12.8 Å². The minimum atomic E-state index is 0.0762. The minimum absolute atomic E-state index is 0.0762. The van der Waals surface area contributed by atoms with Gasteiger partial charge in [-0.25, -0.2) is 0 Å². The molecule has 0 aliphatic carbocycles. The third-order valence-electron chi connectivity index (χ3n) is 4.52. The minimum Gasteiger partial charge on any atom is -0.350 e. The van der Waals surface area contributed by atoms with Crippen LogP contribution in [0.2, 0.25) is 0 Å². The number of rotatable bonds is 5. The van der Waals surface area contributed by atoms with Gasteiger partial charge in [0.1, 0.15) is 0 Å². The predicted molar refractivity (Wildman–Crippen MR) is 95.3 cm³/mol. The lowest BCUT2D eigenvalue weighted by molar-refractivity contribution is -0.127. The quantitative estimate of drug-likeness (QED) is 0.920. The van der Waals surface area contributed by atoms with Crippen LogP contribution in [0.1, 0.15) is 29.8 Å². The third kappa shape index (κ3) is 4.65. The zero-order chi connectivity index (χ0) is 16.8. The first kappa shape index (κ1) is 16.7. The number of hydrogen-bond donors (Lipinski definition) is 1. The highest BCUT2D eigenvalue weighted by molar-refractivity contribution is 5.78. The van der Waals surface area contributed by atoms with Crippen molar-refractivity contribution < 1.29 is 4.79 Å². The van der Waals surface area contributed by atoms with Gasteiger partial charge in [0, 0.05) is 18.8 Å². The lowest BCUT2D eigenvalue weighted by Gasteiger charge is -2.32. The second-order valence-electron chi connectivity index (χ2n) is 6.55. The molecule has 1 aliphatic rings. The molecule has 3 rings (SSSR count). The summed E-state index contributed by atoms with van der Waals surface area (Å²) in [5.41, 5.74) is 3.20. The van der Waals surface area contributed by atoms with Crippen LogP contribution in [0.25, 0.3) is 0 Å². The molecular formula is C20H25N3O. The van der Waals surface area contributed by atoms with E-state index >= 15 is 0 Å². The molecule has 1 aromatic heterocycles. The summed E-state index contributed by atoms with van der Waals surface area (Å²) in [5.74, 6) is 0.225. The first-order valence-corrected chi connectivity index (χ1v) is 8.67. The van der Waals surface area contributed by atoms with Crippen LogP contribution >= 0.6 is 0 Å². The molecule has 1 aliphatic heterocycles. The molecular weight excluding hydrogens is 298 g/mol. The number of pyridine rings is 1. The molecule has 1 aromatic carbocycles. The predicted octanol–water partition coefficient (Wildman–Crippen LogP) is 2.92. The van der Waals surface area contributed by atoms with Crippen molar-refractivity contribution in [3.05, 3.63) is 65.5 Å². The van der Waals surface area contributed by atoms with E-state index in [1.807, 2.05) is 31.2 Å². The van der Waals surface area contributed by atoms with Crippen LogP contribution in [0.15, 0.2) is 48.5 Å². The Morgan fingerprint density at radius 2 is 2.04 bits per heavy atom. The van der Waals surface area contributed by atoms with Crippen molar-refractivity contribution in [1.29, 1.82) is 0 Å². The van der Waals surface area contributed by atoms with Gasteiger partial charge in [0.05, 0.1) is 18.2 Å². The van der Waals surface area contributed by atoms with Gasteiger partial charge in [0.2, 0.25) is 5.91 Å². The van der Waals surface area contributed by atoms with Gasteiger partial charge in [0.25, 0.3) is 0 Å². The molecule has 2 heterocycles. The van der Waals surface area contributed by atoms with Crippen molar-refractivity contribution in [3.63, 3.8) is 0 Å². The van der Waals surface area contributed by atoms with Gasteiger partial charge in [-0.05, 0) is 44.0 Å². The molecule has 24 heavy (non-hydrogen) atoms. The van der Waals surface area contributed by atoms with Gasteiger partial charge in [-0.15, -0.1) is 0 Å². The molecule has 1 atom stereocenters. The maximum atomic E-state index is 12.5. The number of benzene rings is 1. The van der Waals surface area contributed by atoms with Gasteiger partial charge in [-0.1, -0.05) is 36.4 Å². The summed E-state index contributed by atoms with van der Waals surface area (Å²) >= 11 is 0. The van der Waals surface area contributed by atoms with E-state index < -0.39 is 0 Å². The molecule has 1 amide bonds. The molecule has 1 unspecified atom stereocenters. The Hall–Kier alpha value is -2.20. The summed E-state index contributed by atoms with van der Waals surface area (Å²) in [6.07, 6.45) is 2.05. The standard InChI is InChI=1S/C20H25N3O/c1-16-7-5-11-19(22-16)13-21-20(24)18-10-6-12-23(15-18)14-17-8-3-2-4-9-17/h2-5,7-9,11,18H,6,10,12-15H2,1H3,(H,21,24). The zero-order valence-electron chi connectivity index (χ0n) is 14.2. The second kappa shape index (κ2) is 8.06.